The number of benzene rings is 2. The summed E-state index contributed by atoms with van der Waals surface area (Å²) in [5.74, 6) is 0.329. The Kier molecular flexibility index (Phi) is 7.70. The molecule has 1 aliphatic rings. The van der Waals surface area contributed by atoms with E-state index in [1.165, 1.54) is 6.26 Å². The highest BCUT2D eigenvalue weighted by Gasteiger charge is 2.34. The van der Waals surface area contributed by atoms with Crippen LogP contribution in [0.5, 0.6) is 5.75 Å². The molecule has 1 heterocycles. The van der Waals surface area contributed by atoms with Crippen molar-refractivity contribution in [2.75, 3.05) is 19.1 Å². The Morgan fingerprint density at radius 3 is 2.20 bits per heavy atom. The van der Waals surface area contributed by atoms with Crippen molar-refractivity contribution in [2.24, 2.45) is 0 Å². The van der Waals surface area contributed by atoms with Crippen LogP contribution >= 0.6 is 0 Å². The Morgan fingerprint density at radius 1 is 1.11 bits per heavy atom. The number of nitrogens with one attached hydrogen (secondary N) is 1. The Morgan fingerprint density at radius 2 is 1.71 bits per heavy atom. The van der Waals surface area contributed by atoms with Crippen LogP contribution in [0.1, 0.15) is 82.8 Å². The van der Waals surface area contributed by atoms with Crippen molar-refractivity contribution in [3.63, 3.8) is 0 Å². The highest BCUT2D eigenvalue weighted by atomic mass is 16.7. The third-order valence-corrected chi connectivity index (χ3v) is 6.02. The first-order valence-electron chi connectivity index (χ1n) is 11.9. The van der Waals surface area contributed by atoms with Gasteiger partial charge in [0.25, 0.3) is 0 Å². The molecule has 0 saturated heterocycles. The van der Waals surface area contributed by atoms with Crippen molar-refractivity contribution < 1.29 is 24.1 Å². The molecule has 2 atom stereocenters. The van der Waals surface area contributed by atoms with Gasteiger partial charge >= 0.3 is 5.97 Å². The average molecular weight is 483 g/mol. The monoisotopic (exact) mass is 482 g/mol. The van der Waals surface area contributed by atoms with E-state index >= 15 is 0 Å². The molecule has 0 fully saturated rings. The number of carbonyl (C=O) groups is 1. The molecule has 0 bridgehead atoms. The van der Waals surface area contributed by atoms with Gasteiger partial charge in [-0.05, 0) is 58.2 Å². The topological polar surface area (TPSA) is 103 Å². The molecule has 1 aliphatic heterocycles. The van der Waals surface area contributed by atoms with E-state index in [2.05, 4.69) is 5.32 Å². The summed E-state index contributed by atoms with van der Waals surface area (Å²) >= 11 is 0. The van der Waals surface area contributed by atoms with Gasteiger partial charge < -0.3 is 25.1 Å². The Bertz CT molecular complexity index is 1060. The van der Waals surface area contributed by atoms with E-state index in [4.69, 9.17) is 19.9 Å². The van der Waals surface area contributed by atoms with Crippen molar-refractivity contribution in [1.82, 2.24) is 5.32 Å². The fourth-order valence-electron chi connectivity index (χ4n) is 4.16. The number of phenols is 1. The Hall–Kier alpha value is -3.19. The maximum Gasteiger partial charge on any atom is 0.327 e. The number of hydrogen-bond acceptors (Lipinski definition) is 7. The lowest BCUT2D eigenvalue weighted by molar-refractivity contribution is -0.146. The maximum atomic E-state index is 13.3. The van der Waals surface area contributed by atoms with Gasteiger partial charge in [0.2, 0.25) is 6.79 Å². The van der Waals surface area contributed by atoms with E-state index in [-0.39, 0.29) is 30.0 Å². The van der Waals surface area contributed by atoms with Gasteiger partial charge in [-0.15, -0.1) is 0 Å². The van der Waals surface area contributed by atoms with Crippen LogP contribution in [0.15, 0.2) is 48.4 Å². The molecule has 0 aromatic heterocycles. The predicted molar refractivity (Wildman–Crippen MR) is 137 cm³/mol. The van der Waals surface area contributed by atoms with Gasteiger partial charge in [0.1, 0.15) is 18.1 Å². The van der Waals surface area contributed by atoms with Gasteiger partial charge in [0, 0.05) is 5.69 Å². The number of para-hydroxylation sites is 1. The molecule has 4 N–H and O–H groups in total. The molecule has 0 amide bonds. The summed E-state index contributed by atoms with van der Waals surface area (Å²) in [4.78, 5) is 13.3. The number of esters is 1. The minimum absolute atomic E-state index is 0.0892. The minimum atomic E-state index is -0.854. The smallest absolute Gasteiger partial charge is 0.327 e. The fraction of sp³-hybridized carbons (Fsp3) is 0.464. The number of rotatable bonds is 7. The van der Waals surface area contributed by atoms with E-state index in [9.17, 15) is 9.90 Å². The van der Waals surface area contributed by atoms with Crippen LogP contribution in [-0.2, 0) is 29.8 Å². The predicted octanol–water partition coefficient (Wildman–Crippen LogP) is 5.35. The summed E-state index contributed by atoms with van der Waals surface area (Å²) in [5, 5.41) is 14.6. The molecule has 3 rings (SSSR count). The van der Waals surface area contributed by atoms with Crippen LogP contribution in [0.4, 0.5) is 5.69 Å². The number of nitrogen functional groups attached to an aromatic ring is 1. The van der Waals surface area contributed by atoms with Crippen molar-refractivity contribution in [2.45, 2.75) is 71.4 Å². The molecule has 0 spiro atoms. The molecular weight excluding hydrogens is 444 g/mol. The second kappa shape index (κ2) is 10.2. The quantitative estimate of drug-likeness (QED) is 0.361. The van der Waals surface area contributed by atoms with Crippen LogP contribution in [-0.4, -0.2) is 24.5 Å². The van der Waals surface area contributed by atoms with Crippen LogP contribution in [0.3, 0.4) is 0 Å². The van der Waals surface area contributed by atoms with Gasteiger partial charge in [-0.25, -0.2) is 4.79 Å². The van der Waals surface area contributed by atoms with Crippen LogP contribution in [0.2, 0.25) is 0 Å². The summed E-state index contributed by atoms with van der Waals surface area (Å²) in [6.45, 7) is 14.3. The summed E-state index contributed by atoms with van der Waals surface area (Å²) in [5.41, 5.74) is 9.11. The zero-order chi connectivity index (χ0) is 26.0. The number of carbonyl (C=O) groups excluding carboxylic acids is 1. The van der Waals surface area contributed by atoms with Crippen molar-refractivity contribution in [1.29, 1.82) is 0 Å². The molecular formula is C28H38N2O5. The maximum absolute atomic E-state index is 13.3. The highest BCUT2D eigenvalue weighted by Crippen LogP contribution is 2.42. The molecule has 2 unspecified atom stereocenters. The lowest BCUT2D eigenvalue weighted by Crippen LogP contribution is -2.35. The third kappa shape index (κ3) is 5.90. The van der Waals surface area contributed by atoms with Gasteiger partial charge in [0.15, 0.2) is 5.76 Å². The molecule has 2 aromatic carbocycles. The van der Waals surface area contributed by atoms with Gasteiger partial charge in [-0.3, -0.25) is 5.32 Å². The van der Waals surface area contributed by atoms with Crippen molar-refractivity contribution >= 4 is 11.7 Å². The van der Waals surface area contributed by atoms with E-state index < -0.39 is 18.1 Å². The van der Waals surface area contributed by atoms with E-state index in [1.807, 2.05) is 71.9 Å². The molecule has 0 radical (unpaired) electrons. The molecule has 35 heavy (non-hydrogen) atoms. The zero-order valence-corrected chi connectivity index (χ0v) is 21.8. The SMILES string of the molecule is CCOC(=O)C(NC(C1=COCO1)c1ccccc1N)c1cc(C(C)(C)C)c(O)c(C(C)(C)C)c1. The third-order valence-electron chi connectivity index (χ3n) is 6.02. The second-order valence-corrected chi connectivity index (χ2v) is 10.8. The second-order valence-electron chi connectivity index (χ2n) is 10.8. The first kappa shape index (κ1) is 26.4. The van der Waals surface area contributed by atoms with Crippen molar-refractivity contribution in [3.05, 3.63) is 70.7 Å². The molecule has 190 valence electrons. The first-order chi connectivity index (χ1) is 16.3. The number of phenolic OH excluding ortho intramolecular Hbond substituents is 1. The first-order valence-corrected chi connectivity index (χ1v) is 11.9. The number of anilines is 1. The molecule has 0 aliphatic carbocycles. The lowest BCUT2D eigenvalue weighted by Gasteiger charge is -2.31. The van der Waals surface area contributed by atoms with Crippen molar-refractivity contribution in [3.8, 4) is 5.75 Å². The van der Waals surface area contributed by atoms with Crippen LogP contribution in [0.25, 0.3) is 0 Å². The zero-order valence-electron chi connectivity index (χ0n) is 21.8. The summed E-state index contributed by atoms with van der Waals surface area (Å²) in [6, 6.07) is 9.77. The normalized spacial score (nSPS) is 15.6. The van der Waals surface area contributed by atoms with E-state index in [0.29, 0.717) is 17.0 Å². The fourth-order valence-corrected chi connectivity index (χ4v) is 4.16. The lowest BCUT2D eigenvalue weighted by atomic mass is 9.77. The summed E-state index contributed by atoms with van der Waals surface area (Å²) in [7, 11) is 0. The van der Waals surface area contributed by atoms with E-state index in [1.54, 1.807) is 13.0 Å². The standard InChI is InChI=1S/C28H38N2O5/c1-8-34-26(32)23(17-13-19(27(2,3)4)25(31)20(14-17)28(5,6)7)30-24(22-15-33-16-35-22)18-11-9-10-12-21(18)29/h9-15,23-24,30-31H,8,16,29H2,1-7H3. The summed E-state index contributed by atoms with van der Waals surface area (Å²) in [6.07, 6.45) is 1.53. The van der Waals surface area contributed by atoms with Gasteiger partial charge in [-0.2, -0.15) is 0 Å². The number of ether oxygens (including phenoxy) is 3. The highest BCUT2D eigenvalue weighted by molar-refractivity contribution is 5.78. The molecule has 0 saturated carbocycles. The van der Waals surface area contributed by atoms with E-state index in [0.717, 1.165) is 16.7 Å². The summed E-state index contributed by atoms with van der Waals surface area (Å²) < 4.78 is 16.5. The molecule has 2 aromatic rings. The average Bonchev–Trinajstić information content (AvgIpc) is 3.29. The number of nitrogens with two attached hydrogens (primary N) is 1. The number of aromatic hydroxyl groups is 1. The van der Waals surface area contributed by atoms with Gasteiger partial charge in [-0.1, -0.05) is 59.7 Å². The largest absolute Gasteiger partial charge is 0.507 e. The number of hydrogen-bond donors (Lipinski definition) is 3. The Balaban J connectivity index is 2.19. The van der Waals surface area contributed by atoms with Gasteiger partial charge in [0.05, 0.1) is 12.6 Å². The Labute approximate surface area is 208 Å². The minimum Gasteiger partial charge on any atom is -0.507 e. The van der Waals surface area contributed by atoms with Crippen LogP contribution in [0, 0.1) is 0 Å². The van der Waals surface area contributed by atoms with Crippen LogP contribution < -0.4 is 11.1 Å². The molecule has 7 heteroatoms. The molecule has 7 nitrogen and oxygen atoms in total.